The maximum atomic E-state index is 13.1. The lowest BCUT2D eigenvalue weighted by atomic mass is 10.1. The summed E-state index contributed by atoms with van der Waals surface area (Å²) in [5.41, 5.74) is 2.51. The number of hydrogen-bond donors (Lipinski definition) is 2. The first-order valence-electron chi connectivity index (χ1n) is 10.0. The van der Waals surface area contributed by atoms with Crippen molar-refractivity contribution in [1.82, 2.24) is 15.2 Å². The summed E-state index contributed by atoms with van der Waals surface area (Å²) in [6.45, 7) is 2.53. The molecule has 0 fully saturated rings. The number of amidine groups is 1. The van der Waals surface area contributed by atoms with E-state index in [9.17, 15) is 9.59 Å². The van der Waals surface area contributed by atoms with Crippen LogP contribution in [-0.2, 0) is 6.54 Å². The molecule has 2 aromatic rings. The fraction of sp³-hybridized carbons (Fsp3) is 0.364. The van der Waals surface area contributed by atoms with E-state index in [4.69, 9.17) is 14.9 Å². The molecule has 9 nitrogen and oxygen atoms in total. The Morgan fingerprint density at radius 3 is 2.62 bits per heavy atom. The number of aromatic nitrogens is 1. The molecule has 0 aliphatic carbocycles. The third-order valence-electron chi connectivity index (χ3n) is 5.08. The number of pyridine rings is 1. The van der Waals surface area contributed by atoms with Crippen molar-refractivity contribution < 1.29 is 19.1 Å². The second-order valence-corrected chi connectivity index (χ2v) is 8.24. The average molecular weight is 504 g/mol. The lowest BCUT2D eigenvalue weighted by Gasteiger charge is -2.20. The standard InChI is InChI=1S/C22H26BrN5O4/c1-6-32-17-9-13-10-28(21(24)18(13)26-19(17)22(30)25-2)11-16(29)12-7-14(23)20(31-5)15(8-12)27(3)4/h7-9,24H,6,10-11H2,1-5H3,(H,25,30). The van der Waals surface area contributed by atoms with Gasteiger partial charge in [0.15, 0.2) is 23.0 Å². The highest BCUT2D eigenvalue weighted by molar-refractivity contribution is 9.10. The summed E-state index contributed by atoms with van der Waals surface area (Å²) in [6.07, 6.45) is 0. The van der Waals surface area contributed by atoms with Crippen LogP contribution in [-0.4, -0.2) is 68.8 Å². The molecule has 1 aliphatic rings. The molecule has 10 heteroatoms. The molecule has 0 radical (unpaired) electrons. The summed E-state index contributed by atoms with van der Waals surface area (Å²) in [5.74, 6) is 0.564. The maximum Gasteiger partial charge on any atom is 0.273 e. The van der Waals surface area contributed by atoms with E-state index in [0.717, 1.165) is 11.3 Å². The van der Waals surface area contributed by atoms with Gasteiger partial charge in [0.1, 0.15) is 11.5 Å². The number of carbonyl (C=O) groups is 2. The molecule has 2 heterocycles. The van der Waals surface area contributed by atoms with E-state index in [1.807, 2.05) is 25.9 Å². The summed E-state index contributed by atoms with van der Waals surface area (Å²) < 4.78 is 11.7. The lowest BCUT2D eigenvalue weighted by Crippen LogP contribution is -2.30. The van der Waals surface area contributed by atoms with E-state index >= 15 is 0 Å². The molecule has 0 spiro atoms. The van der Waals surface area contributed by atoms with Crippen molar-refractivity contribution in [3.8, 4) is 11.5 Å². The first kappa shape index (κ1) is 23.5. The summed E-state index contributed by atoms with van der Waals surface area (Å²) >= 11 is 3.47. The number of fused-ring (bicyclic) bond motifs is 1. The van der Waals surface area contributed by atoms with Crippen molar-refractivity contribution in [1.29, 1.82) is 5.41 Å². The third-order valence-corrected chi connectivity index (χ3v) is 5.67. The van der Waals surface area contributed by atoms with E-state index in [1.165, 1.54) is 7.05 Å². The molecule has 3 rings (SSSR count). The number of Topliss-reactive ketones (excluding diaryl/α,β-unsaturated/α-hetero) is 1. The van der Waals surface area contributed by atoms with Crippen LogP contribution in [0.1, 0.15) is 39.0 Å². The quantitative estimate of drug-likeness (QED) is 0.533. The van der Waals surface area contributed by atoms with Crippen LogP contribution in [0, 0.1) is 5.41 Å². The molecule has 0 atom stereocenters. The Morgan fingerprint density at radius 2 is 2.03 bits per heavy atom. The molecule has 1 aliphatic heterocycles. The van der Waals surface area contributed by atoms with Crippen LogP contribution in [0.5, 0.6) is 11.5 Å². The van der Waals surface area contributed by atoms with Crippen LogP contribution in [0.25, 0.3) is 0 Å². The van der Waals surface area contributed by atoms with Gasteiger partial charge in [0.25, 0.3) is 5.91 Å². The first-order chi connectivity index (χ1) is 15.2. The monoisotopic (exact) mass is 503 g/mol. The highest BCUT2D eigenvalue weighted by Gasteiger charge is 2.31. The number of rotatable bonds is 8. The highest BCUT2D eigenvalue weighted by atomic mass is 79.9. The first-order valence-corrected chi connectivity index (χ1v) is 10.8. The molecule has 2 N–H and O–H groups in total. The van der Waals surface area contributed by atoms with Gasteiger partial charge in [0.05, 0.1) is 30.4 Å². The highest BCUT2D eigenvalue weighted by Crippen LogP contribution is 2.36. The molecular formula is C22H26BrN5O4. The fourth-order valence-corrected chi connectivity index (χ4v) is 4.13. The van der Waals surface area contributed by atoms with Crippen LogP contribution in [0.4, 0.5) is 5.69 Å². The summed E-state index contributed by atoms with van der Waals surface area (Å²) in [6, 6.07) is 5.22. The SMILES string of the molecule is CCOc1cc2c(nc1C(=O)NC)C(=N)N(CC(=O)c1cc(Br)c(OC)c(N(C)C)c1)C2. The predicted octanol–water partition coefficient (Wildman–Crippen LogP) is 2.70. The van der Waals surface area contributed by atoms with E-state index in [0.29, 0.717) is 40.4 Å². The van der Waals surface area contributed by atoms with Gasteiger partial charge >= 0.3 is 0 Å². The van der Waals surface area contributed by atoms with Gasteiger partial charge in [-0.15, -0.1) is 0 Å². The van der Waals surface area contributed by atoms with Crippen LogP contribution >= 0.6 is 15.9 Å². The Hall–Kier alpha value is -3.14. The number of ether oxygens (including phenoxy) is 2. The molecule has 0 unspecified atom stereocenters. The number of methoxy groups -OCH3 is 1. The second-order valence-electron chi connectivity index (χ2n) is 7.39. The van der Waals surface area contributed by atoms with Gasteiger partial charge in [-0.3, -0.25) is 15.0 Å². The molecular weight excluding hydrogens is 478 g/mol. The normalized spacial score (nSPS) is 12.4. The maximum absolute atomic E-state index is 13.1. The molecule has 0 saturated heterocycles. The number of hydrogen-bond acceptors (Lipinski definition) is 7. The molecule has 1 amide bonds. The van der Waals surface area contributed by atoms with Gasteiger partial charge in [-0.05, 0) is 41.1 Å². The minimum absolute atomic E-state index is 0.000106. The molecule has 170 valence electrons. The number of nitrogens with one attached hydrogen (secondary N) is 2. The summed E-state index contributed by atoms with van der Waals surface area (Å²) in [7, 11) is 6.83. The molecule has 0 bridgehead atoms. The topological polar surface area (TPSA) is 108 Å². The molecule has 32 heavy (non-hydrogen) atoms. The number of amides is 1. The number of benzene rings is 1. The Morgan fingerprint density at radius 1 is 1.31 bits per heavy atom. The second kappa shape index (κ2) is 9.56. The van der Waals surface area contributed by atoms with Gasteiger partial charge in [-0.1, -0.05) is 0 Å². The van der Waals surface area contributed by atoms with Crippen LogP contribution < -0.4 is 19.7 Å². The van der Waals surface area contributed by atoms with Crippen LogP contribution in [0.3, 0.4) is 0 Å². The number of halogens is 1. The van der Waals surface area contributed by atoms with Gasteiger partial charge in [-0.25, -0.2) is 4.98 Å². The van der Waals surface area contributed by atoms with Crippen molar-refractivity contribution >= 4 is 39.1 Å². The Labute approximate surface area is 195 Å². The summed E-state index contributed by atoms with van der Waals surface area (Å²) in [5, 5.41) is 11.1. The van der Waals surface area contributed by atoms with Crippen molar-refractivity contribution in [2.24, 2.45) is 0 Å². The van der Waals surface area contributed by atoms with Crippen molar-refractivity contribution in [2.45, 2.75) is 13.5 Å². The number of anilines is 1. The molecule has 1 aromatic carbocycles. The average Bonchev–Trinajstić information content (AvgIpc) is 3.06. The lowest BCUT2D eigenvalue weighted by molar-refractivity contribution is 0.0949. The van der Waals surface area contributed by atoms with Gasteiger partial charge in [0.2, 0.25) is 0 Å². The molecule has 1 aromatic heterocycles. The zero-order valence-corrected chi connectivity index (χ0v) is 20.3. The van der Waals surface area contributed by atoms with Crippen LogP contribution in [0.15, 0.2) is 22.7 Å². The van der Waals surface area contributed by atoms with Crippen molar-refractivity contribution in [3.05, 3.63) is 45.2 Å². The van der Waals surface area contributed by atoms with Gasteiger partial charge < -0.3 is 24.6 Å². The Kier molecular flexibility index (Phi) is 7.02. The van der Waals surface area contributed by atoms with E-state index < -0.39 is 5.91 Å². The predicted molar refractivity (Wildman–Crippen MR) is 125 cm³/mol. The number of nitrogens with zero attached hydrogens (tertiary/aromatic N) is 3. The van der Waals surface area contributed by atoms with E-state index in [-0.39, 0.29) is 23.9 Å². The van der Waals surface area contributed by atoms with Crippen molar-refractivity contribution in [3.63, 3.8) is 0 Å². The Bertz CT molecular complexity index is 1090. The van der Waals surface area contributed by atoms with E-state index in [2.05, 4.69) is 26.2 Å². The fourth-order valence-electron chi connectivity index (χ4n) is 3.51. The van der Waals surface area contributed by atoms with Crippen molar-refractivity contribution in [2.75, 3.05) is 46.3 Å². The number of carbonyl (C=O) groups excluding carboxylic acids is 2. The zero-order chi connectivity index (χ0) is 23.6. The number of ketones is 1. The molecule has 0 saturated carbocycles. The van der Waals surface area contributed by atoms with Crippen LogP contribution in [0.2, 0.25) is 0 Å². The largest absolute Gasteiger partial charge is 0.493 e. The van der Waals surface area contributed by atoms with E-state index in [1.54, 1.807) is 30.2 Å². The minimum atomic E-state index is -0.391. The zero-order valence-electron chi connectivity index (χ0n) is 18.7. The van der Waals surface area contributed by atoms with Gasteiger partial charge in [0, 0.05) is 38.8 Å². The smallest absolute Gasteiger partial charge is 0.273 e. The summed E-state index contributed by atoms with van der Waals surface area (Å²) in [4.78, 5) is 33.2. The third kappa shape index (κ3) is 4.40. The van der Waals surface area contributed by atoms with Gasteiger partial charge in [-0.2, -0.15) is 0 Å². The Balaban J connectivity index is 1.88. The minimum Gasteiger partial charge on any atom is -0.493 e.